The number of nitrogens with zero attached hydrogens (tertiary/aromatic N) is 1. The van der Waals surface area contributed by atoms with E-state index in [1.807, 2.05) is 11.0 Å². The predicted octanol–water partition coefficient (Wildman–Crippen LogP) is 2.80. The van der Waals surface area contributed by atoms with Crippen LogP contribution >= 0.6 is 0 Å². The van der Waals surface area contributed by atoms with Gasteiger partial charge in [-0.05, 0) is 17.9 Å². The zero-order chi connectivity index (χ0) is 12.5. The highest BCUT2D eigenvalue weighted by molar-refractivity contribution is 5.69. The minimum Gasteiger partial charge on any atom is -0.453 e. The zero-order valence-corrected chi connectivity index (χ0v) is 10.5. The molecule has 0 N–H and O–H groups in total. The van der Waals surface area contributed by atoms with Gasteiger partial charge in [-0.1, -0.05) is 42.5 Å². The molecule has 0 saturated carbocycles. The highest BCUT2D eigenvalue weighted by atomic mass is 16.5. The smallest absolute Gasteiger partial charge is 0.410 e. The van der Waals surface area contributed by atoms with Gasteiger partial charge in [0.05, 0.1) is 13.2 Å². The van der Waals surface area contributed by atoms with E-state index in [1.54, 1.807) is 0 Å². The number of hydrogen-bond donors (Lipinski definition) is 0. The molecule has 18 heavy (non-hydrogen) atoms. The average Bonchev–Trinajstić information content (AvgIpc) is 2.47. The summed E-state index contributed by atoms with van der Waals surface area (Å²) in [7, 11) is 1.45. The summed E-state index contributed by atoms with van der Waals surface area (Å²) < 4.78 is 4.88. The van der Waals surface area contributed by atoms with Crippen LogP contribution in [0.25, 0.3) is 0 Å². The van der Waals surface area contributed by atoms with Crippen molar-refractivity contribution in [2.75, 3.05) is 13.7 Å². The van der Waals surface area contributed by atoms with Crippen molar-refractivity contribution in [3.05, 3.63) is 48.0 Å². The van der Waals surface area contributed by atoms with Gasteiger partial charge in [-0.3, -0.25) is 0 Å². The molecule has 1 fully saturated rings. The highest BCUT2D eigenvalue weighted by Gasteiger charge is 2.40. The fraction of sp³-hybridized carbons (Fsp3) is 0.400. The van der Waals surface area contributed by atoms with Crippen molar-refractivity contribution in [2.45, 2.75) is 18.4 Å². The van der Waals surface area contributed by atoms with Crippen molar-refractivity contribution >= 4 is 6.09 Å². The highest BCUT2D eigenvalue weighted by Crippen LogP contribution is 2.40. The lowest BCUT2D eigenvalue weighted by Gasteiger charge is -2.45. The van der Waals surface area contributed by atoms with Gasteiger partial charge in [0, 0.05) is 12.5 Å². The van der Waals surface area contributed by atoms with Gasteiger partial charge in [0.1, 0.15) is 0 Å². The van der Waals surface area contributed by atoms with Crippen LogP contribution in [0.15, 0.2) is 42.5 Å². The summed E-state index contributed by atoms with van der Waals surface area (Å²) in [6, 6.07) is 10.6. The van der Waals surface area contributed by atoms with Crippen LogP contribution in [0.3, 0.4) is 0 Å². The molecule has 3 unspecified atom stereocenters. The molecule has 3 nitrogen and oxygen atoms in total. The van der Waals surface area contributed by atoms with Gasteiger partial charge in [0.15, 0.2) is 0 Å². The minimum absolute atomic E-state index is 0.143. The molecule has 3 aliphatic rings. The number of carbonyl (C=O) groups is 1. The molecule has 0 aromatic heterocycles. The summed E-state index contributed by atoms with van der Waals surface area (Å²) in [5.41, 5.74) is 1.31. The van der Waals surface area contributed by atoms with Crippen molar-refractivity contribution in [3.8, 4) is 0 Å². The maximum atomic E-state index is 11.8. The normalized spacial score (nSPS) is 29.4. The van der Waals surface area contributed by atoms with Crippen molar-refractivity contribution < 1.29 is 9.53 Å². The Labute approximate surface area is 107 Å². The van der Waals surface area contributed by atoms with E-state index in [0.717, 1.165) is 13.0 Å². The number of rotatable bonds is 1. The Hall–Kier alpha value is -1.77. The molecule has 1 amide bonds. The van der Waals surface area contributed by atoms with Crippen LogP contribution in [0, 0.1) is 5.92 Å². The van der Waals surface area contributed by atoms with Gasteiger partial charge in [0.2, 0.25) is 0 Å². The molecule has 1 saturated heterocycles. The summed E-state index contributed by atoms with van der Waals surface area (Å²) in [6.45, 7) is 0.789. The molecule has 1 aromatic carbocycles. The first-order valence-electron chi connectivity index (χ1n) is 6.37. The van der Waals surface area contributed by atoms with E-state index in [9.17, 15) is 4.79 Å². The largest absolute Gasteiger partial charge is 0.453 e. The molecule has 0 spiro atoms. The van der Waals surface area contributed by atoms with E-state index in [0.29, 0.717) is 11.8 Å². The van der Waals surface area contributed by atoms with Crippen LogP contribution in [0.2, 0.25) is 0 Å². The standard InChI is InChI=1S/C15H17NO2/c1-18-15(17)16-10-11-7-8-14(16)13(9-11)12-5-3-2-4-6-12/h2-8,11,13-14H,9-10H2,1H3. The SMILES string of the molecule is COC(=O)N1CC2C=CC1C(c1ccccc1)C2. The maximum absolute atomic E-state index is 11.8. The van der Waals surface area contributed by atoms with Gasteiger partial charge in [-0.15, -0.1) is 0 Å². The zero-order valence-electron chi connectivity index (χ0n) is 10.5. The van der Waals surface area contributed by atoms with E-state index < -0.39 is 0 Å². The molecule has 94 valence electrons. The third-order valence-electron chi connectivity index (χ3n) is 3.98. The second-order valence-electron chi connectivity index (χ2n) is 5.01. The molecule has 0 radical (unpaired) electrons. The van der Waals surface area contributed by atoms with E-state index in [4.69, 9.17) is 4.74 Å². The Bertz CT molecular complexity index is 469. The topological polar surface area (TPSA) is 29.5 Å². The maximum Gasteiger partial charge on any atom is 0.410 e. The van der Waals surface area contributed by atoms with Crippen LogP contribution in [0.4, 0.5) is 4.79 Å². The van der Waals surface area contributed by atoms with Crippen molar-refractivity contribution in [1.29, 1.82) is 0 Å². The van der Waals surface area contributed by atoms with Gasteiger partial charge >= 0.3 is 6.09 Å². The first-order valence-corrected chi connectivity index (χ1v) is 6.37. The summed E-state index contributed by atoms with van der Waals surface area (Å²) in [4.78, 5) is 13.7. The summed E-state index contributed by atoms with van der Waals surface area (Å²) in [5.74, 6) is 0.855. The lowest BCUT2D eigenvalue weighted by Crippen LogP contribution is -2.51. The molecule has 1 aliphatic carbocycles. The second-order valence-corrected chi connectivity index (χ2v) is 5.01. The number of methoxy groups -OCH3 is 1. The first kappa shape index (κ1) is 11.3. The first-order chi connectivity index (χ1) is 8.79. The third-order valence-corrected chi connectivity index (χ3v) is 3.98. The summed E-state index contributed by atoms with van der Waals surface area (Å²) in [6.07, 6.45) is 5.31. The second kappa shape index (κ2) is 4.48. The van der Waals surface area contributed by atoms with Crippen molar-refractivity contribution in [2.24, 2.45) is 5.92 Å². The Balaban J connectivity index is 1.90. The van der Waals surface area contributed by atoms with Crippen LogP contribution < -0.4 is 0 Å². The monoisotopic (exact) mass is 243 g/mol. The molecule has 2 bridgehead atoms. The lowest BCUT2D eigenvalue weighted by molar-refractivity contribution is 0.0773. The van der Waals surface area contributed by atoms with E-state index in [1.165, 1.54) is 12.7 Å². The number of carbonyl (C=O) groups excluding carboxylic acids is 1. The predicted molar refractivity (Wildman–Crippen MR) is 69.3 cm³/mol. The Morgan fingerprint density at radius 3 is 2.72 bits per heavy atom. The van der Waals surface area contributed by atoms with Crippen LogP contribution in [0.1, 0.15) is 17.9 Å². The third kappa shape index (κ3) is 1.80. The minimum atomic E-state index is -0.213. The molecule has 3 heteroatoms. The fourth-order valence-electron chi connectivity index (χ4n) is 3.13. The molecule has 1 aromatic rings. The Morgan fingerprint density at radius 2 is 2.06 bits per heavy atom. The van der Waals surface area contributed by atoms with Gasteiger partial charge in [-0.2, -0.15) is 0 Å². The quantitative estimate of drug-likeness (QED) is 0.710. The van der Waals surface area contributed by atoms with Crippen LogP contribution in [0.5, 0.6) is 0 Å². The molecule has 2 heterocycles. The molecule has 2 aliphatic heterocycles. The molecule has 3 atom stereocenters. The van der Waals surface area contributed by atoms with E-state index in [2.05, 4.69) is 36.4 Å². The van der Waals surface area contributed by atoms with E-state index in [-0.39, 0.29) is 12.1 Å². The number of benzene rings is 1. The lowest BCUT2D eigenvalue weighted by atomic mass is 9.74. The number of fused-ring (bicyclic) bond motifs is 2. The van der Waals surface area contributed by atoms with Crippen molar-refractivity contribution in [3.63, 3.8) is 0 Å². The van der Waals surface area contributed by atoms with Gasteiger partial charge in [0.25, 0.3) is 0 Å². The molecular weight excluding hydrogens is 226 g/mol. The number of ether oxygens (including phenoxy) is 1. The number of hydrogen-bond acceptors (Lipinski definition) is 2. The Morgan fingerprint density at radius 1 is 1.28 bits per heavy atom. The Kier molecular flexibility index (Phi) is 2.82. The molecule has 4 rings (SSSR count). The number of piperidine rings is 1. The van der Waals surface area contributed by atoms with Crippen molar-refractivity contribution in [1.82, 2.24) is 4.90 Å². The molecular formula is C15H17NO2. The summed E-state index contributed by atoms with van der Waals surface area (Å²) in [5, 5.41) is 0. The number of amides is 1. The average molecular weight is 243 g/mol. The van der Waals surface area contributed by atoms with Crippen LogP contribution in [-0.4, -0.2) is 30.7 Å². The van der Waals surface area contributed by atoms with Gasteiger partial charge in [-0.25, -0.2) is 4.79 Å². The van der Waals surface area contributed by atoms with E-state index >= 15 is 0 Å². The summed E-state index contributed by atoms with van der Waals surface area (Å²) >= 11 is 0. The van der Waals surface area contributed by atoms with Gasteiger partial charge < -0.3 is 9.64 Å². The fourth-order valence-corrected chi connectivity index (χ4v) is 3.13. The van der Waals surface area contributed by atoms with Crippen LogP contribution in [-0.2, 0) is 4.74 Å².